The normalized spacial score (nSPS) is 16.2. The number of benzene rings is 1. The van der Waals surface area contributed by atoms with E-state index in [-0.39, 0.29) is 13.1 Å². The highest BCUT2D eigenvalue weighted by Crippen LogP contribution is 2.22. The van der Waals surface area contributed by atoms with E-state index in [1.165, 1.54) is 0 Å². The number of carbonyl (C=O) groups excluding carboxylic acids is 2. The SMILES string of the molecule is Cc1ccc(N2CC(=O)OC(=O)C2)c(C)c1. The second-order valence-corrected chi connectivity index (χ2v) is 3.99. The summed E-state index contributed by atoms with van der Waals surface area (Å²) in [6, 6.07) is 5.92. The molecule has 0 spiro atoms. The number of hydrogen-bond donors (Lipinski definition) is 0. The highest BCUT2D eigenvalue weighted by Gasteiger charge is 2.25. The van der Waals surface area contributed by atoms with Crippen LogP contribution in [0.15, 0.2) is 18.2 Å². The van der Waals surface area contributed by atoms with Crippen LogP contribution >= 0.6 is 0 Å². The van der Waals surface area contributed by atoms with E-state index in [9.17, 15) is 9.59 Å². The van der Waals surface area contributed by atoms with Crippen molar-refractivity contribution in [2.75, 3.05) is 18.0 Å². The maximum absolute atomic E-state index is 11.2. The number of carbonyl (C=O) groups is 2. The summed E-state index contributed by atoms with van der Waals surface area (Å²) in [6.45, 7) is 4.24. The van der Waals surface area contributed by atoms with E-state index in [0.29, 0.717) is 0 Å². The lowest BCUT2D eigenvalue weighted by atomic mass is 10.1. The predicted octanol–water partition coefficient (Wildman–Crippen LogP) is 1.19. The average Bonchev–Trinajstić information content (AvgIpc) is 2.15. The minimum Gasteiger partial charge on any atom is -0.390 e. The number of morpholine rings is 1. The molecule has 2 rings (SSSR count). The van der Waals surface area contributed by atoms with Gasteiger partial charge in [-0.3, -0.25) is 0 Å². The van der Waals surface area contributed by atoms with Crippen molar-refractivity contribution in [3.8, 4) is 0 Å². The van der Waals surface area contributed by atoms with Gasteiger partial charge in [0.05, 0.1) is 0 Å². The maximum Gasteiger partial charge on any atom is 0.333 e. The van der Waals surface area contributed by atoms with Crippen LogP contribution in [0.25, 0.3) is 0 Å². The summed E-state index contributed by atoms with van der Waals surface area (Å²) in [5.74, 6) is -0.979. The van der Waals surface area contributed by atoms with Crippen LogP contribution in [-0.4, -0.2) is 25.0 Å². The number of esters is 2. The van der Waals surface area contributed by atoms with Crippen molar-refractivity contribution in [3.05, 3.63) is 29.3 Å². The fraction of sp³-hybridized carbons (Fsp3) is 0.333. The maximum atomic E-state index is 11.2. The highest BCUT2D eigenvalue weighted by molar-refractivity contribution is 5.94. The number of cyclic esters (lactones) is 2. The number of nitrogens with zero attached hydrogens (tertiary/aromatic N) is 1. The number of ether oxygens (including phenoxy) is 1. The van der Waals surface area contributed by atoms with Gasteiger partial charge in [-0.15, -0.1) is 0 Å². The van der Waals surface area contributed by atoms with Gasteiger partial charge in [-0.25, -0.2) is 9.59 Å². The summed E-state index contributed by atoms with van der Waals surface area (Å²) in [7, 11) is 0. The lowest BCUT2D eigenvalue weighted by molar-refractivity contribution is -0.160. The van der Waals surface area contributed by atoms with Crippen LogP contribution in [-0.2, 0) is 14.3 Å². The Labute approximate surface area is 93.8 Å². The van der Waals surface area contributed by atoms with E-state index >= 15 is 0 Å². The zero-order valence-electron chi connectivity index (χ0n) is 9.32. The standard InChI is InChI=1S/C12H13NO3/c1-8-3-4-10(9(2)5-8)13-6-11(14)16-12(15)7-13/h3-5H,6-7H2,1-2H3. The first-order valence-electron chi connectivity index (χ1n) is 5.12. The zero-order chi connectivity index (χ0) is 11.7. The molecule has 0 saturated carbocycles. The van der Waals surface area contributed by atoms with Crippen LogP contribution < -0.4 is 4.90 Å². The molecule has 1 aromatic rings. The Morgan fingerprint density at radius 2 is 1.75 bits per heavy atom. The lowest BCUT2D eigenvalue weighted by Gasteiger charge is -2.27. The second-order valence-electron chi connectivity index (χ2n) is 3.99. The number of hydrogen-bond acceptors (Lipinski definition) is 4. The van der Waals surface area contributed by atoms with E-state index in [1.54, 1.807) is 4.90 Å². The Kier molecular flexibility index (Phi) is 2.64. The molecule has 0 radical (unpaired) electrons. The summed E-state index contributed by atoms with van der Waals surface area (Å²) < 4.78 is 4.48. The lowest BCUT2D eigenvalue weighted by Crippen LogP contribution is -2.43. The van der Waals surface area contributed by atoms with Gasteiger partial charge in [-0.05, 0) is 25.5 Å². The number of aryl methyl sites for hydroxylation is 2. The van der Waals surface area contributed by atoms with E-state index in [4.69, 9.17) is 0 Å². The van der Waals surface area contributed by atoms with Gasteiger partial charge in [0, 0.05) is 5.69 Å². The van der Waals surface area contributed by atoms with E-state index in [0.717, 1.165) is 16.8 Å². The smallest absolute Gasteiger partial charge is 0.333 e. The minimum atomic E-state index is -0.490. The van der Waals surface area contributed by atoms with Crippen molar-refractivity contribution in [1.29, 1.82) is 0 Å². The third kappa shape index (κ3) is 2.05. The number of rotatable bonds is 1. The van der Waals surface area contributed by atoms with Crippen molar-refractivity contribution in [2.45, 2.75) is 13.8 Å². The Bertz CT molecular complexity index is 438. The predicted molar refractivity (Wildman–Crippen MR) is 59.2 cm³/mol. The molecule has 4 nitrogen and oxygen atoms in total. The molecule has 84 valence electrons. The molecule has 1 saturated heterocycles. The molecule has 1 heterocycles. The molecule has 0 aliphatic carbocycles. The van der Waals surface area contributed by atoms with Crippen LogP contribution in [0.4, 0.5) is 5.69 Å². The van der Waals surface area contributed by atoms with Crippen LogP contribution in [0.1, 0.15) is 11.1 Å². The monoisotopic (exact) mass is 219 g/mol. The molecule has 0 atom stereocenters. The van der Waals surface area contributed by atoms with Gasteiger partial charge in [0.2, 0.25) is 0 Å². The third-order valence-corrected chi connectivity index (χ3v) is 2.56. The van der Waals surface area contributed by atoms with E-state index in [2.05, 4.69) is 4.74 Å². The summed E-state index contributed by atoms with van der Waals surface area (Å²) in [5, 5.41) is 0. The van der Waals surface area contributed by atoms with Gasteiger partial charge in [0.1, 0.15) is 13.1 Å². The summed E-state index contributed by atoms with van der Waals surface area (Å²) in [6.07, 6.45) is 0. The van der Waals surface area contributed by atoms with E-state index in [1.807, 2.05) is 32.0 Å². The molecule has 1 aromatic carbocycles. The van der Waals surface area contributed by atoms with Crippen molar-refractivity contribution < 1.29 is 14.3 Å². The van der Waals surface area contributed by atoms with Crippen LogP contribution in [0.5, 0.6) is 0 Å². The molecule has 0 amide bonds. The van der Waals surface area contributed by atoms with E-state index < -0.39 is 11.9 Å². The van der Waals surface area contributed by atoms with Crippen molar-refractivity contribution >= 4 is 17.6 Å². The van der Waals surface area contributed by atoms with Gasteiger partial charge >= 0.3 is 11.9 Å². The Balaban J connectivity index is 2.29. The van der Waals surface area contributed by atoms with Crippen LogP contribution in [0, 0.1) is 13.8 Å². The van der Waals surface area contributed by atoms with Gasteiger partial charge < -0.3 is 9.64 Å². The summed E-state index contributed by atoms with van der Waals surface area (Å²) in [4.78, 5) is 24.0. The largest absolute Gasteiger partial charge is 0.390 e. The summed E-state index contributed by atoms with van der Waals surface area (Å²) in [5.41, 5.74) is 3.13. The Morgan fingerprint density at radius 1 is 1.12 bits per heavy atom. The molecule has 1 aliphatic heterocycles. The average molecular weight is 219 g/mol. The molecule has 4 heteroatoms. The molecule has 1 aliphatic rings. The van der Waals surface area contributed by atoms with Gasteiger partial charge in [0.25, 0.3) is 0 Å². The molecule has 0 unspecified atom stereocenters. The second kappa shape index (κ2) is 3.96. The highest BCUT2D eigenvalue weighted by atomic mass is 16.6. The van der Waals surface area contributed by atoms with Crippen molar-refractivity contribution in [3.63, 3.8) is 0 Å². The molecule has 0 bridgehead atoms. The quantitative estimate of drug-likeness (QED) is 0.526. The van der Waals surface area contributed by atoms with Crippen molar-refractivity contribution in [1.82, 2.24) is 0 Å². The fourth-order valence-corrected chi connectivity index (χ4v) is 1.89. The molecular formula is C12H13NO3. The Morgan fingerprint density at radius 3 is 2.31 bits per heavy atom. The molecular weight excluding hydrogens is 206 g/mol. The first kappa shape index (κ1) is 10.7. The van der Waals surface area contributed by atoms with Gasteiger partial charge in [-0.1, -0.05) is 17.7 Å². The van der Waals surface area contributed by atoms with Crippen LogP contribution in [0.3, 0.4) is 0 Å². The topological polar surface area (TPSA) is 46.6 Å². The molecule has 0 N–H and O–H groups in total. The van der Waals surface area contributed by atoms with Crippen molar-refractivity contribution in [2.24, 2.45) is 0 Å². The Hall–Kier alpha value is -1.84. The molecule has 16 heavy (non-hydrogen) atoms. The summed E-state index contributed by atoms with van der Waals surface area (Å²) >= 11 is 0. The zero-order valence-corrected chi connectivity index (χ0v) is 9.32. The first-order chi connectivity index (χ1) is 7.56. The van der Waals surface area contributed by atoms with Gasteiger partial charge in [0.15, 0.2) is 0 Å². The number of anilines is 1. The fourth-order valence-electron chi connectivity index (χ4n) is 1.89. The first-order valence-corrected chi connectivity index (χ1v) is 5.12. The third-order valence-electron chi connectivity index (χ3n) is 2.56. The minimum absolute atomic E-state index is 0.135. The van der Waals surface area contributed by atoms with Gasteiger partial charge in [-0.2, -0.15) is 0 Å². The van der Waals surface area contributed by atoms with Crippen LogP contribution in [0.2, 0.25) is 0 Å². The molecule has 1 fully saturated rings. The molecule has 0 aromatic heterocycles.